The quantitative estimate of drug-likeness (QED) is 0.685. The molecule has 0 aromatic heterocycles. The van der Waals surface area contributed by atoms with Crippen LogP contribution in [0, 0.1) is 17.6 Å². The molecule has 2 aliphatic rings. The number of nitrogens with zero attached hydrogens (tertiary/aromatic N) is 1. The van der Waals surface area contributed by atoms with E-state index in [1.807, 2.05) is 30.3 Å². The minimum absolute atomic E-state index is 0.00296. The molecule has 2 N–H and O–H groups in total. The van der Waals surface area contributed by atoms with Crippen LogP contribution in [-0.2, 0) is 16.1 Å². The topological polar surface area (TPSA) is 79.9 Å². The Bertz CT molecular complexity index is 960. The molecule has 170 valence electrons. The first-order valence-electron chi connectivity index (χ1n) is 10.6. The monoisotopic (exact) mass is 445 g/mol. The van der Waals surface area contributed by atoms with Crippen molar-refractivity contribution in [2.24, 2.45) is 5.92 Å². The molecular weight excluding hydrogens is 420 g/mol. The maximum absolute atomic E-state index is 13.4. The third-order valence-corrected chi connectivity index (χ3v) is 5.85. The van der Waals surface area contributed by atoms with Crippen LogP contribution < -0.4 is 15.4 Å². The number of fused-ring (bicyclic) bond motifs is 1. The number of hydrogen-bond acceptors (Lipinski definition) is 5. The first-order chi connectivity index (χ1) is 15.5. The third kappa shape index (κ3) is 5.16. The number of carbonyl (C=O) groups is 2. The first kappa shape index (κ1) is 22.0. The summed E-state index contributed by atoms with van der Waals surface area (Å²) in [6.07, 6.45) is 0.150. The van der Waals surface area contributed by atoms with E-state index in [0.717, 1.165) is 30.7 Å². The van der Waals surface area contributed by atoms with Gasteiger partial charge in [-0.2, -0.15) is 0 Å². The van der Waals surface area contributed by atoms with Gasteiger partial charge in [-0.25, -0.2) is 13.6 Å². The molecule has 3 atom stereocenters. The summed E-state index contributed by atoms with van der Waals surface area (Å²) in [5, 5.41) is 5.91. The average Bonchev–Trinajstić information content (AvgIpc) is 3.41. The molecule has 2 aromatic rings. The van der Waals surface area contributed by atoms with E-state index >= 15 is 0 Å². The minimum Gasteiger partial charge on any atom is -0.493 e. The Balaban J connectivity index is 1.27. The predicted octanol–water partition coefficient (Wildman–Crippen LogP) is 2.46. The van der Waals surface area contributed by atoms with Crippen molar-refractivity contribution in [3.63, 3.8) is 0 Å². The van der Waals surface area contributed by atoms with E-state index in [9.17, 15) is 18.4 Å². The zero-order chi connectivity index (χ0) is 22.5. The number of alkyl carbamates (subject to hydrolysis) is 1. The SMILES string of the molecule is O=C(NCC(=O)N1C[C@H](COc2ccc(F)c(F)c2)[C@H]2NCC[C@H]21)OCc1ccccc1. The Hall–Kier alpha value is -3.20. The maximum atomic E-state index is 13.4. The lowest BCUT2D eigenvalue weighted by Gasteiger charge is -2.23. The number of benzene rings is 2. The molecule has 0 spiro atoms. The lowest BCUT2D eigenvalue weighted by atomic mass is 10.0. The summed E-state index contributed by atoms with van der Waals surface area (Å²) in [7, 11) is 0. The van der Waals surface area contributed by atoms with Crippen molar-refractivity contribution in [2.45, 2.75) is 25.1 Å². The molecule has 2 aromatic carbocycles. The number of nitrogens with one attached hydrogen (secondary N) is 2. The molecule has 2 fully saturated rings. The normalized spacial score (nSPS) is 21.8. The molecule has 2 amide bonds. The molecule has 7 nitrogen and oxygen atoms in total. The van der Waals surface area contributed by atoms with Crippen molar-refractivity contribution in [3.8, 4) is 5.75 Å². The molecule has 2 heterocycles. The van der Waals surface area contributed by atoms with Crippen LogP contribution in [0.5, 0.6) is 5.75 Å². The highest BCUT2D eigenvalue weighted by Gasteiger charge is 2.46. The van der Waals surface area contributed by atoms with E-state index in [1.54, 1.807) is 4.90 Å². The highest BCUT2D eigenvalue weighted by molar-refractivity contribution is 5.83. The van der Waals surface area contributed by atoms with Gasteiger partial charge in [-0.15, -0.1) is 0 Å². The van der Waals surface area contributed by atoms with E-state index in [0.29, 0.717) is 6.54 Å². The Kier molecular flexibility index (Phi) is 6.84. The van der Waals surface area contributed by atoms with Crippen LogP contribution in [0.4, 0.5) is 13.6 Å². The van der Waals surface area contributed by atoms with Gasteiger partial charge in [0.2, 0.25) is 5.91 Å². The largest absolute Gasteiger partial charge is 0.493 e. The second kappa shape index (κ2) is 9.95. The Morgan fingerprint density at radius 1 is 1.12 bits per heavy atom. The number of carbonyl (C=O) groups excluding carboxylic acids is 2. The van der Waals surface area contributed by atoms with Crippen LogP contribution in [0.3, 0.4) is 0 Å². The number of halogens is 2. The molecule has 32 heavy (non-hydrogen) atoms. The van der Waals surface area contributed by atoms with Gasteiger partial charge in [-0.1, -0.05) is 30.3 Å². The zero-order valence-corrected chi connectivity index (χ0v) is 17.4. The van der Waals surface area contributed by atoms with Gasteiger partial charge in [0.15, 0.2) is 11.6 Å². The van der Waals surface area contributed by atoms with E-state index in [4.69, 9.17) is 9.47 Å². The van der Waals surface area contributed by atoms with Gasteiger partial charge >= 0.3 is 6.09 Å². The number of hydrogen-bond donors (Lipinski definition) is 2. The van der Waals surface area contributed by atoms with Crippen LogP contribution in [0.2, 0.25) is 0 Å². The van der Waals surface area contributed by atoms with Gasteiger partial charge in [-0.05, 0) is 30.7 Å². The molecule has 0 bridgehead atoms. The van der Waals surface area contributed by atoms with Crippen LogP contribution in [-0.4, -0.2) is 55.2 Å². The maximum Gasteiger partial charge on any atom is 0.407 e. The fraction of sp³-hybridized carbons (Fsp3) is 0.391. The summed E-state index contributed by atoms with van der Waals surface area (Å²) in [6.45, 7) is 1.45. The molecule has 2 aliphatic heterocycles. The number of amides is 2. The minimum atomic E-state index is -0.965. The predicted molar refractivity (Wildman–Crippen MR) is 112 cm³/mol. The fourth-order valence-electron chi connectivity index (χ4n) is 4.28. The van der Waals surface area contributed by atoms with Crippen molar-refractivity contribution in [1.82, 2.24) is 15.5 Å². The van der Waals surface area contributed by atoms with Crippen molar-refractivity contribution >= 4 is 12.0 Å². The van der Waals surface area contributed by atoms with E-state index in [-0.39, 0.29) is 49.4 Å². The molecule has 0 unspecified atom stereocenters. The van der Waals surface area contributed by atoms with E-state index in [1.165, 1.54) is 6.07 Å². The van der Waals surface area contributed by atoms with Crippen molar-refractivity contribution < 1.29 is 27.8 Å². The summed E-state index contributed by atoms with van der Waals surface area (Å²) in [5.74, 6) is -1.86. The smallest absolute Gasteiger partial charge is 0.407 e. The lowest BCUT2D eigenvalue weighted by Crippen LogP contribution is -2.44. The summed E-state index contributed by atoms with van der Waals surface area (Å²) in [5.41, 5.74) is 0.859. The van der Waals surface area contributed by atoms with E-state index < -0.39 is 17.7 Å². The Labute approximate surface area is 184 Å². The standard InChI is InChI=1S/C23H25F2N3O4/c24-18-7-6-17(10-19(18)25)31-14-16-12-28(20-8-9-26-22(16)20)21(29)11-27-23(30)32-13-15-4-2-1-3-5-15/h1-7,10,16,20,22,26H,8-9,11-14H2,(H,27,30)/t16-,20-,22-/m1/s1. The van der Waals surface area contributed by atoms with Gasteiger partial charge in [-0.3, -0.25) is 4.79 Å². The molecule has 4 rings (SSSR count). The summed E-state index contributed by atoms with van der Waals surface area (Å²) < 4.78 is 37.3. The van der Waals surface area contributed by atoms with Crippen LogP contribution in [0.1, 0.15) is 12.0 Å². The highest BCUT2D eigenvalue weighted by Crippen LogP contribution is 2.30. The van der Waals surface area contributed by atoms with Gasteiger partial charge in [0, 0.05) is 30.6 Å². The van der Waals surface area contributed by atoms with Gasteiger partial charge in [0.25, 0.3) is 0 Å². The van der Waals surface area contributed by atoms with Gasteiger partial charge < -0.3 is 25.0 Å². The molecule has 0 saturated carbocycles. The Morgan fingerprint density at radius 3 is 2.72 bits per heavy atom. The Morgan fingerprint density at radius 2 is 1.94 bits per heavy atom. The zero-order valence-electron chi connectivity index (χ0n) is 17.4. The highest BCUT2D eigenvalue weighted by atomic mass is 19.2. The first-order valence-corrected chi connectivity index (χ1v) is 10.6. The third-order valence-electron chi connectivity index (χ3n) is 5.85. The second-order valence-corrected chi connectivity index (χ2v) is 7.94. The van der Waals surface area contributed by atoms with Gasteiger partial charge in [0.1, 0.15) is 18.9 Å². The molecule has 9 heteroatoms. The van der Waals surface area contributed by atoms with Gasteiger partial charge in [0.05, 0.1) is 6.61 Å². The van der Waals surface area contributed by atoms with Crippen LogP contribution in [0.25, 0.3) is 0 Å². The summed E-state index contributed by atoms with van der Waals surface area (Å²) in [4.78, 5) is 26.5. The summed E-state index contributed by atoms with van der Waals surface area (Å²) >= 11 is 0. The average molecular weight is 445 g/mol. The lowest BCUT2D eigenvalue weighted by molar-refractivity contribution is -0.131. The fourth-order valence-corrected chi connectivity index (χ4v) is 4.28. The van der Waals surface area contributed by atoms with Crippen molar-refractivity contribution in [2.75, 3.05) is 26.2 Å². The number of likely N-dealkylation sites (tertiary alicyclic amines) is 1. The number of rotatable bonds is 7. The molecule has 0 aliphatic carbocycles. The van der Waals surface area contributed by atoms with Crippen LogP contribution >= 0.6 is 0 Å². The van der Waals surface area contributed by atoms with Crippen LogP contribution in [0.15, 0.2) is 48.5 Å². The molecule has 0 radical (unpaired) electrons. The molecule has 2 saturated heterocycles. The van der Waals surface area contributed by atoms with E-state index in [2.05, 4.69) is 10.6 Å². The summed E-state index contributed by atoms with van der Waals surface area (Å²) in [6, 6.07) is 12.7. The number of ether oxygens (including phenoxy) is 2. The van der Waals surface area contributed by atoms with Crippen molar-refractivity contribution in [3.05, 3.63) is 65.7 Å². The second-order valence-electron chi connectivity index (χ2n) is 7.94. The molecular formula is C23H25F2N3O4. The van der Waals surface area contributed by atoms with Crippen molar-refractivity contribution in [1.29, 1.82) is 0 Å².